The number of nitrogens with one attached hydrogen (secondary N) is 1. The molecular weight excluding hydrogens is 234 g/mol. The van der Waals surface area contributed by atoms with Gasteiger partial charge in [-0.3, -0.25) is 0 Å². The molecule has 19 heavy (non-hydrogen) atoms. The van der Waals surface area contributed by atoms with Gasteiger partial charge in [0.1, 0.15) is 5.75 Å². The molecule has 1 aromatic rings. The standard InChI is InChI=1S/C17H27NO/c1-5-19-16-10-9-12(2)11-15(16)17(18-4)14-8-6-7-13(14)3/h9-11,13-14,17-18H,5-8H2,1-4H3. The summed E-state index contributed by atoms with van der Waals surface area (Å²) in [5.41, 5.74) is 2.65. The summed E-state index contributed by atoms with van der Waals surface area (Å²) in [7, 11) is 2.08. The van der Waals surface area contributed by atoms with Gasteiger partial charge in [-0.25, -0.2) is 0 Å². The van der Waals surface area contributed by atoms with Gasteiger partial charge >= 0.3 is 0 Å². The first kappa shape index (κ1) is 14.4. The summed E-state index contributed by atoms with van der Waals surface area (Å²) in [6, 6.07) is 6.97. The molecule has 1 fully saturated rings. The Morgan fingerprint density at radius 2 is 2.16 bits per heavy atom. The first-order chi connectivity index (χ1) is 9.17. The van der Waals surface area contributed by atoms with E-state index in [0.717, 1.165) is 24.2 Å². The molecule has 3 unspecified atom stereocenters. The van der Waals surface area contributed by atoms with Crippen molar-refractivity contribution >= 4 is 0 Å². The molecule has 1 saturated carbocycles. The molecule has 2 nitrogen and oxygen atoms in total. The third-order valence-electron chi connectivity index (χ3n) is 4.47. The molecule has 0 spiro atoms. The summed E-state index contributed by atoms with van der Waals surface area (Å²) in [5, 5.41) is 3.54. The predicted octanol–water partition coefficient (Wildman–Crippen LogP) is 4.09. The molecule has 2 heteroatoms. The molecule has 0 bridgehead atoms. The Labute approximate surface area is 117 Å². The predicted molar refractivity (Wildman–Crippen MR) is 80.7 cm³/mol. The molecule has 1 aromatic carbocycles. The SMILES string of the molecule is CCOc1ccc(C)cc1C(NC)C1CCCC1C. The first-order valence-electron chi connectivity index (χ1n) is 7.58. The Hall–Kier alpha value is -1.02. The van der Waals surface area contributed by atoms with Crippen molar-refractivity contribution < 1.29 is 4.74 Å². The second-order valence-electron chi connectivity index (χ2n) is 5.81. The summed E-state index contributed by atoms with van der Waals surface area (Å²) >= 11 is 0. The average molecular weight is 261 g/mol. The minimum absolute atomic E-state index is 0.416. The van der Waals surface area contributed by atoms with Gasteiger partial charge in [-0.2, -0.15) is 0 Å². The number of aryl methyl sites for hydroxylation is 1. The van der Waals surface area contributed by atoms with Crippen molar-refractivity contribution in [1.29, 1.82) is 0 Å². The van der Waals surface area contributed by atoms with Crippen LogP contribution in [0.1, 0.15) is 50.3 Å². The van der Waals surface area contributed by atoms with Crippen LogP contribution in [-0.4, -0.2) is 13.7 Å². The molecule has 0 amide bonds. The lowest BCUT2D eigenvalue weighted by Crippen LogP contribution is -2.27. The Morgan fingerprint density at radius 3 is 2.74 bits per heavy atom. The Morgan fingerprint density at radius 1 is 1.37 bits per heavy atom. The number of hydrogen-bond acceptors (Lipinski definition) is 2. The maximum absolute atomic E-state index is 5.83. The fourth-order valence-corrected chi connectivity index (χ4v) is 3.47. The van der Waals surface area contributed by atoms with Gasteiger partial charge in [0.25, 0.3) is 0 Å². The zero-order valence-corrected chi connectivity index (χ0v) is 12.7. The molecular formula is C17H27NO. The van der Waals surface area contributed by atoms with E-state index in [-0.39, 0.29) is 0 Å². The van der Waals surface area contributed by atoms with E-state index >= 15 is 0 Å². The second kappa shape index (κ2) is 6.42. The lowest BCUT2D eigenvalue weighted by molar-refractivity contribution is 0.292. The average Bonchev–Trinajstić information content (AvgIpc) is 2.80. The van der Waals surface area contributed by atoms with E-state index < -0.39 is 0 Å². The van der Waals surface area contributed by atoms with E-state index in [2.05, 4.69) is 51.3 Å². The molecule has 0 radical (unpaired) electrons. The van der Waals surface area contributed by atoms with Crippen molar-refractivity contribution in [2.75, 3.05) is 13.7 Å². The van der Waals surface area contributed by atoms with Crippen LogP contribution in [0.2, 0.25) is 0 Å². The molecule has 0 aromatic heterocycles. The number of rotatable bonds is 5. The van der Waals surface area contributed by atoms with E-state index in [4.69, 9.17) is 4.74 Å². The molecule has 106 valence electrons. The number of hydrogen-bond donors (Lipinski definition) is 1. The van der Waals surface area contributed by atoms with Gasteiger partial charge in [0, 0.05) is 11.6 Å². The van der Waals surface area contributed by atoms with Gasteiger partial charge in [0.15, 0.2) is 0 Å². The van der Waals surface area contributed by atoms with Crippen molar-refractivity contribution in [2.45, 2.75) is 46.1 Å². The molecule has 1 aliphatic carbocycles. The first-order valence-corrected chi connectivity index (χ1v) is 7.58. The van der Waals surface area contributed by atoms with Gasteiger partial charge in [-0.1, -0.05) is 37.5 Å². The van der Waals surface area contributed by atoms with Crippen molar-refractivity contribution in [3.8, 4) is 5.75 Å². The summed E-state index contributed by atoms with van der Waals surface area (Å²) in [5.74, 6) is 2.57. The molecule has 0 aliphatic heterocycles. The third-order valence-corrected chi connectivity index (χ3v) is 4.47. The van der Waals surface area contributed by atoms with Gasteiger partial charge in [-0.05, 0) is 45.2 Å². The van der Waals surface area contributed by atoms with Crippen molar-refractivity contribution in [1.82, 2.24) is 5.32 Å². The second-order valence-corrected chi connectivity index (χ2v) is 5.81. The van der Waals surface area contributed by atoms with E-state index in [1.54, 1.807) is 0 Å². The third kappa shape index (κ3) is 3.11. The molecule has 3 atom stereocenters. The number of ether oxygens (including phenoxy) is 1. The molecule has 0 saturated heterocycles. The van der Waals surface area contributed by atoms with Crippen LogP contribution in [0.25, 0.3) is 0 Å². The summed E-state index contributed by atoms with van der Waals surface area (Å²) in [6.07, 6.45) is 4.05. The van der Waals surface area contributed by atoms with Crippen LogP contribution in [0.4, 0.5) is 0 Å². The Bertz CT molecular complexity index is 416. The minimum Gasteiger partial charge on any atom is -0.494 e. The normalized spacial score (nSPS) is 24.4. The minimum atomic E-state index is 0.416. The van der Waals surface area contributed by atoms with E-state index in [9.17, 15) is 0 Å². The molecule has 0 heterocycles. The highest BCUT2D eigenvalue weighted by Crippen LogP contribution is 2.42. The number of benzene rings is 1. The zero-order valence-electron chi connectivity index (χ0n) is 12.7. The van der Waals surface area contributed by atoms with Crippen LogP contribution >= 0.6 is 0 Å². The molecule has 1 N–H and O–H groups in total. The maximum atomic E-state index is 5.83. The lowest BCUT2D eigenvalue weighted by atomic mass is 9.85. The summed E-state index contributed by atoms with van der Waals surface area (Å²) in [4.78, 5) is 0. The summed E-state index contributed by atoms with van der Waals surface area (Å²) in [6.45, 7) is 7.32. The highest BCUT2D eigenvalue weighted by Gasteiger charge is 2.32. The Kier molecular flexibility index (Phi) is 4.87. The fourth-order valence-electron chi connectivity index (χ4n) is 3.47. The summed E-state index contributed by atoms with van der Waals surface area (Å²) < 4.78 is 5.83. The smallest absolute Gasteiger partial charge is 0.124 e. The molecule has 1 aliphatic rings. The lowest BCUT2D eigenvalue weighted by Gasteiger charge is -2.29. The van der Waals surface area contributed by atoms with E-state index in [1.807, 2.05) is 0 Å². The van der Waals surface area contributed by atoms with Crippen LogP contribution < -0.4 is 10.1 Å². The van der Waals surface area contributed by atoms with E-state index in [1.165, 1.54) is 30.4 Å². The molecule has 2 rings (SSSR count). The highest BCUT2D eigenvalue weighted by molar-refractivity contribution is 5.39. The van der Waals surface area contributed by atoms with Crippen molar-refractivity contribution in [3.05, 3.63) is 29.3 Å². The van der Waals surface area contributed by atoms with Gasteiger partial charge < -0.3 is 10.1 Å². The monoisotopic (exact) mass is 261 g/mol. The largest absolute Gasteiger partial charge is 0.494 e. The van der Waals surface area contributed by atoms with E-state index in [0.29, 0.717) is 6.04 Å². The Balaban J connectivity index is 2.33. The van der Waals surface area contributed by atoms with Crippen molar-refractivity contribution in [2.24, 2.45) is 11.8 Å². The topological polar surface area (TPSA) is 21.3 Å². The van der Waals surface area contributed by atoms with Gasteiger partial charge in [-0.15, -0.1) is 0 Å². The van der Waals surface area contributed by atoms with Crippen molar-refractivity contribution in [3.63, 3.8) is 0 Å². The quantitative estimate of drug-likeness (QED) is 0.862. The van der Waals surface area contributed by atoms with Gasteiger partial charge in [0.05, 0.1) is 6.61 Å². The van der Waals surface area contributed by atoms with Crippen LogP contribution in [0, 0.1) is 18.8 Å². The van der Waals surface area contributed by atoms with Gasteiger partial charge in [0.2, 0.25) is 0 Å². The van der Waals surface area contributed by atoms with Crippen LogP contribution in [0.5, 0.6) is 5.75 Å². The van der Waals surface area contributed by atoms with Crippen LogP contribution in [0.3, 0.4) is 0 Å². The zero-order chi connectivity index (χ0) is 13.8. The maximum Gasteiger partial charge on any atom is 0.124 e. The van der Waals surface area contributed by atoms with Crippen LogP contribution in [-0.2, 0) is 0 Å². The fraction of sp³-hybridized carbons (Fsp3) is 0.647. The van der Waals surface area contributed by atoms with Crippen LogP contribution in [0.15, 0.2) is 18.2 Å². The highest BCUT2D eigenvalue weighted by atomic mass is 16.5.